The molecular formula is C15H13BrO3S. The number of halogens is 1. The van der Waals surface area contributed by atoms with Gasteiger partial charge < -0.3 is 0 Å². The molecule has 0 heterocycles. The number of Topliss-reactive ketones (excluding diaryl/α,β-unsaturated/α-hetero) is 1. The highest BCUT2D eigenvalue weighted by atomic mass is 79.9. The minimum atomic E-state index is -3.45. The van der Waals surface area contributed by atoms with Crippen LogP contribution in [0.5, 0.6) is 0 Å². The second-order valence-corrected chi connectivity index (χ2v) is 8.11. The molecule has 0 radical (unpaired) electrons. The zero-order valence-electron chi connectivity index (χ0n) is 10.8. The molecule has 0 aliphatic carbocycles. The Hall–Kier alpha value is -1.46. The highest BCUT2D eigenvalue weighted by Crippen LogP contribution is 2.21. The van der Waals surface area contributed by atoms with E-state index in [0.717, 1.165) is 17.4 Å². The average Bonchev–Trinajstić information content (AvgIpc) is 2.46. The molecule has 0 spiro atoms. The lowest BCUT2D eigenvalue weighted by atomic mass is 10.0. The standard InChI is InChI=1S/C15H13BrO3S/c1-20(18,19)15(16)14(17)13-9-7-12(8-10-13)11-5-3-2-4-6-11/h2-10,15H,1H3/t15-/m0/s1. The number of carbonyl (C=O) groups is 1. The number of carbonyl (C=O) groups excluding carboxylic acids is 1. The Morgan fingerprint density at radius 2 is 1.45 bits per heavy atom. The van der Waals surface area contributed by atoms with E-state index in [4.69, 9.17) is 0 Å². The maximum Gasteiger partial charge on any atom is 0.191 e. The molecule has 0 N–H and O–H groups in total. The number of benzene rings is 2. The van der Waals surface area contributed by atoms with Crippen LogP contribution >= 0.6 is 15.9 Å². The molecule has 0 unspecified atom stereocenters. The van der Waals surface area contributed by atoms with Gasteiger partial charge in [-0.15, -0.1) is 0 Å². The van der Waals surface area contributed by atoms with Crippen molar-refractivity contribution in [2.24, 2.45) is 0 Å². The van der Waals surface area contributed by atoms with Gasteiger partial charge in [0.2, 0.25) is 0 Å². The van der Waals surface area contributed by atoms with Gasteiger partial charge in [0.25, 0.3) is 0 Å². The Morgan fingerprint density at radius 1 is 0.950 bits per heavy atom. The lowest BCUT2D eigenvalue weighted by molar-refractivity contribution is 0.101. The molecule has 0 bridgehead atoms. The maximum absolute atomic E-state index is 12.0. The van der Waals surface area contributed by atoms with Crippen molar-refractivity contribution in [1.82, 2.24) is 0 Å². The molecule has 0 amide bonds. The third-order valence-corrected chi connectivity index (χ3v) is 6.28. The third kappa shape index (κ3) is 3.35. The molecule has 0 saturated heterocycles. The SMILES string of the molecule is CS(=O)(=O)[C@H](Br)C(=O)c1ccc(-c2ccccc2)cc1. The van der Waals surface area contributed by atoms with E-state index in [0.29, 0.717) is 5.56 Å². The number of alkyl halides is 1. The lowest BCUT2D eigenvalue weighted by Crippen LogP contribution is -2.23. The van der Waals surface area contributed by atoms with Crippen LogP contribution in [0.1, 0.15) is 10.4 Å². The van der Waals surface area contributed by atoms with Crippen LogP contribution < -0.4 is 0 Å². The first-order valence-corrected chi connectivity index (χ1v) is 8.79. The molecule has 3 nitrogen and oxygen atoms in total. The van der Waals surface area contributed by atoms with Crippen LogP contribution in [0.3, 0.4) is 0 Å². The van der Waals surface area contributed by atoms with Crippen molar-refractivity contribution in [3.8, 4) is 11.1 Å². The van der Waals surface area contributed by atoms with E-state index in [9.17, 15) is 13.2 Å². The van der Waals surface area contributed by atoms with E-state index in [1.807, 2.05) is 42.5 Å². The van der Waals surface area contributed by atoms with Gasteiger partial charge in [0.1, 0.15) is 0 Å². The monoisotopic (exact) mass is 352 g/mol. The quantitative estimate of drug-likeness (QED) is 0.626. The molecule has 2 rings (SSSR count). The number of sulfone groups is 1. The molecule has 1 atom stereocenters. The summed E-state index contributed by atoms with van der Waals surface area (Å²) in [5, 5.41) is 0. The van der Waals surface area contributed by atoms with Crippen LogP contribution in [0.4, 0.5) is 0 Å². The molecule has 0 aliphatic heterocycles. The summed E-state index contributed by atoms with van der Waals surface area (Å²) < 4.78 is 21.5. The lowest BCUT2D eigenvalue weighted by Gasteiger charge is -2.08. The predicted octanol–water partition coefficient (Wildman–Crippen LogP) is 3.30. The molecule has 0 saturated carbocycles. The Labute approximate surface area is 126 Å². The summed E-state index contributed by atoms with van der Waals surface area (Å²) in [6, 6.07) is 16.7. The summed E-state index contributed by atoms with van der Waals surface area (Å²) >= 11 is 2.93. The highest BCUT2D eigenvalue weighted by Gasteiger charge is 2.26. The van der Waals surface area contributed by atoms with Crippen LogP contribution in [0.15, 0.2) is 54.6 Å². The Balaban J connectivity index is 2.27. The maximum atomic E-state index is 12.0. The van der Waals surface area contributed by atoms with Gasteiger partial charge in [-0.2, -0.15) is 0 Å². The second kappa shape index (κ2) is 5.89. The van der Waals surface area contributed by atoms with E-state index in [-0.39, 0.29) is 0 Å². The fourth-order valence-electron chi connectivity index (χ4n) is 1.78. The largest absolute Gasteiger partial charge is 0.292 e. The van der Waals surface area contributed by atoms with Crippen LogP contribution in [-0.2, 0) is 9.84 Å². The van der Waals surface area contributed by atoms with Gasteiger partial charge in [0.05, 0.1) is 0 Å². The minimum Gasteiger partial charge on any atom is -0.292 e. The first-order valence-electron chi connectivity index (χ1n) is 5.92. The van der Waals surface area contributed by atoms with Crippen molar-refractivity contribution in [3.63, 3.8) is 0 Å². The third-order valence-electron chi connectivity index (χ3n) is 2.86. The zero-order chi connectivity index (χ0) is 14.8. The van der Waals surface area contributed by atoms with Gasteiger partial charge in [-0.3, -0.25) is 4.79 Å². The van der Waals surface area contributed by atoms with Crippen molar-refractivity contribution < 1.29 is 13.2 Å². The normalized spacial score (nSPS) is 12.9. The Morgan fingerprint density at radius 3 is 1.95 bits per heavy atom. The molecule has 104 valence electrons. The van der Waals surface area contributed by atoms with E-state index in [1.165, 1.54) is 0 Å². The summed E-state index contributed by atoms with van der Waals surface area (Å²) in [6.45, 7) is 0. The fourth-order valence-corrected chi connectivity index (χ4v) is 2.57. The van der Waals surface area contributed by atoms with Gasteiger partial charge in [-0.25, -0.2) is 8.42 Å². The summed E-state index contributed by atoms with van der Waals surface area (Å²) in [7, 11) is -3.45. The van der Waals surface area contributed by atoms with Gasteiger partial charge in [-0.05, 0) is 11.1 Å². The van der Waals surface area contributed by atoms with Crippen LogP contribution in [-0.4, -0.2) is 24.6 Å². The van der Waals surface area contributed by atoms with E-state index < -0.39 is 19.8 Å². The van der Waals surface area contributed by atoms with E-state index in [2.05, 4.69) is 15.9 Å². The van der Waals surface area contributed by atoms with E-state index in [1.54, 1.807) is 12.1 Å². The van der Waals surface area contributed by atoms with E-state index >= 15 is 0 Å². The molecular weight excluding hydrogens is 340 g/mol. The zero-order valence-corrected chi connectivity index (χ0v) is 13.2. The van der Waals surface area contributed by atoms with Crippen LogP contribution in [0.2, 0.25) is 0 Å². The second-order valence-electron chi connectivity index (χ2n) is 4.45. The number of ketones is 1. The van der Waals surface area contributed by atoms with Crippen LogP contribution in [0, 0.1) is 0 Å². The molecule has 0 fully saturated rings. The Kier molecular flexibility index (Phi) is 4.40. The topological polar surface area (TPSA) is 51.2 Å². The summed E-state index contributed by atoms with van der Waals surface area (Å²) in [5.74, 6) is -0.452. The first kappa shape index (κ1) is 14.9. The molecule has 20 heavy (non-hydrogen) atoms. The summed E-state index contributed by atoms with van der Waals surface area (Å²) in [6.07, 6.45) is 1.03. The number of hydrogen-bond donors (Lipinski definition) is 0. The molecule has 2 aromatic rings. The average molecular weight is 353 g/mol. The van der Waals surface area contributed by atoms with Gasteiger partial charge in [-0.1, -0.05) is 70.5 Å². The summed E-state index contributed by atoms with van der Waals surface area (Å²) in [4.78, 5) is 12.0. The van der Waals surface area contributed by atoms with Crippen molar-refractivity contribution >= 4 is 31.6 Å². The minimum absolute atomic E-state index is 0.372. The summed E-state index contributed by atoms with van der Waals surface area (Å²) in [5.41, 5.74) is 2.40. The van der Waals surface area contributed by atoms with Crippen molar-refractivity contribution in [2.75, 3.05) is 6.26 Å². The van der Waals surface area contributed by atoms with Crippen molar-refractivity contribution in [2.45, 2.75) is 4.16 Å². The number of rotatable bonds is 4. The first-order chi connectivity index (χ1) is 9.39. The van der Waals surface area contributed by atoms with Gasteiger partial charge in [0.15, 0.2) is 19.8 Å². The number of hydrogen-bond acceptors (Lipinski definition) is 3. The van der Waals surface area contributed by atoms with Crippen molar-refractivity contribution in [1.29, 1.82) is 0 Å². The Bertz CT molecular complexity index is 707. The molecule has 0 aliphatic rings. The van der Waals surface area contributed by atoms with Crippen LogP contribution in [0.25, 0.3) is 11.1 Å². The molecule has 5 heteroatoms. The predicted molar refractivity (Wildman–Crippen MR) is 83.8 cm³/mol. The fraction of sp³-hybridized carbons (Fsp3) is 0.133. The highest BCUT2D eigenvalue weighted by molar-refractivity contribution is 9.11. The van der Waals surface area contributed by atoms with Gasteiger partial charge in [0, 0.05) is 11.8 Å². The molecule has 0 aromatic heterocycles. The molecule has 2 aromatic carbocycles. The van der Waals surface area contributed by atoms with Gasteiger partial charge >= 0.3 is 0 Å². The van der Waals surface area contributed by atoms with Crippen molar-refractivity contribution in [3.05, 3.63) is 60.2 Å². The smallest absolute Gasteiger partial charge is 0.191 e.